The molecule has 2 aromatic rings. The van der Waals surface area contributed by atoms with E-state index in [9.17, 15) is 9.90 Å². The molecule has 0 fully saturated rings. The molecule has 0 radical (unpaired) electrons. The third kappa shape index (κ3) is 7.17. The summed E-state index contributed by atoms with van der Waals surface area (Å²) < 4.78 is 5.15. The minimum absolute atomic E-state index is 0.107. The van der Waals surface area contributed by atoms with Gasteiger partial charge in [0.05, 0.1) is 0 Å². The average Bonchev–Trinajstić information content (AvgIpc) is 2.70. The summed E-state index contributed by atoms with van der Waals surface area (Å²) in [5.41, 5.74) is 2.99. The fourth-order valence-electron chi connectivity index (χ4n) is 4.10. The van der Waals surface area contributed by atoms with Gasteiger partial charge in [-0.15, -0.1) is 0 Å². The largest absolute Gasteiger partial charge is 0.508 e. The van der Waals surface area contributed by atoms with Crippen molar-refractivity contribution in [3.63, 3.8) is 0 Å². The Hall–Kier alpha value is -2.33. The number of nitrogens with zero attached hydrogens (tertiary/aromatic N) is 1. The van der Waals surface area contributed by atoms with Crippen molar-refractivity contribution in [2.75, 3.05) is 6.54 Å². The third-order valence-corrected chi connectivity index (χ3v) is 5.60. The molecule has 4 nitrogen and oxygen atoms in total. The predicted octanol–water partition coefficient (Wildman–Crippen LogP) is 5.88. The number of carbonyl (C=O) groups excluding carboxylic acids is 1. The molecular weight excluding hydrogens is 374 g/mol. The van der Waals surface area contributed by atoms with Crippen LogP contribution in [0.2, 0.25) is 0 Å². The first-order chi connectivity index (χ1) is 14.3. The van der Waals surface area contributed by atoms with Gasteiger partial charge in [-0.05, 0) is 70.3 Å². The van der Waals surface area contributed by atoms with Crippen LogP contribution in [0.5, 0.6) is 5.75 Å². The molecule has 0 aromatic heterocycles. The van der Waals surface area contributed by atoms with E-state index in [2.05, 4.69) is 44.7 Å². The SMILES string of the molecule is CC(=O)OCc1ccc(O)c(C(CCCCN(C(C)C)C(C)C)c2ccccc2)c1. The minimum Gasteiger partial charge on any atom is -0.508 e. The molecule has 0 saturated heterocycles. The Kier molecular flexibility index (Phi) is 9.38. The highest BCUT2D eigenvalue weighted by Crippen LogP contribution is 2.36. The van der Waals surface area contributed by atoms with Gasteiger partial charge in [0.25, 0.3) is 0 Å². The van der Waals surface area contributed by atoms with Crippen molar-refractivity contribution in [2.24, 2.45) is 0 Å². The van der Waals surface area contributed by atoms with Crippen LogP contribution in [-0.2, 0) is 16.1 Å². The minimum atomic E-state index is -0.302. The normalized spacial score (nSPS) is 12.5. The number of esters is 1. The van der Waals surface area contributed by atoms with E-state index in [1.165, 1.54) is 12.5 Å². The molecule has 1 unspecified atom stereocenters. The van der Waals surface area contributed by atoms with Crippen LogP contribution < -0.4 is 0 Å². The van der Waals surface area contributed by atoms with Gasteiger partial charge in [-0.2, -0.15) is 0 Å². The molecule has 164 valence electrons. The van der Waals surface area contributed by atoms with Crippen LogP contribution in [0.4, 0.5) is 0 Å². The van der Waals surface area contributed by atoms with Crippen molar-refractivity contribution in [3.05, 3.63) is 65.2 Å². The Bertz CT molecular complexity index is 778. The molecule has 2 aromatic carbocycles. The number of rotatable bonds is 11. The average molecular weight is 412 g/mol. The zero-order chi connectivity index (χ0) is 22.1. The Morgan fingerprint density at radius 2 is 1.67 bits per heavy atom. The molecule has 0 aliphatic heterocycles. The number of phenolic OH excluding ortho intramolecular Hbond substituents is 1. The first-order valence-electron chi connectivity index (χ1n) is 11.1. The topological polar surface area (TPSA) is 49.8 Å². The molecule has 0 heterocycles. The molecule has 4 heteroatoms. The van der Waals surface area contributed by atoms with E-state index < -0.39 is 0 Å². The first-order valence-corrected chi connectivity index (χ1v) is 11.1. The van der Waals surface area contributed by atoms with E-state index in [0.29, 0.717) is 17.8 Å². The van der Waals surface area contributed by atoms with Crippen molar-refractivity contribution in [3.8, 4) is 5.75 Å². The molecule has 1 atom stereocenters. The summed E-state index contributed by atoms with van der Waals surface area (Å²) in [5.74, 6) is 0.0977. The zero-order valence-corrected chi connectivity index (χ0v) is 19.1. The second kappa shape index (κ2) is 11.8. The van der Waals surface area contributed by atoms with Crippen LogP contribution in [0, 0.1) is 0 Å². The van der Waals surface area contributed by atoms with Gasteiger partial charge in [0, 0.05) is 30.5 Å². The summed E-state index contributed by atoms with van der Waals surface area (Å²) in [7, 11) is 0. The van der Waals surface area contributed by atoms with E-state index in [0.717, 1.165) is 36.9 Å². The van der Waals surface area contributed by atoms with Crippen molar-refractivity contribution >= 4 is 5.97 Å². The molecule has 0 amide bonds. The number of carbonyl (C=O) groups is 1. The number of unbranched alkanes of at least 4 members (excludes halogenated alkanes) is 1. The van der Waals surface area contributed by atoms with E-state index >= 15 is 0 Å². The van der Waals surface area contributed by atoms with Crippen molar-refractivity contribution in [1.82, 2.24) is 4.90 Å². The van der Waals surface area contributed by atoms with Crippen LogP contribution in [0.25, 0.3) is 0 Å². The van der Waals surface area contributed by atoms with Gasteiger partial charge < -0.3 is 9.84 Å². The van der Waals surface area contributed by atoms with Gasteiger partial charge in [0.1, 0.15) is 12.4 Å². The van der Waals surface area contributed by atoms with Crippen molar-refractivity contribution < 1.29 is 14.6 Å². The van der Waals surface area contributed by atoms with E-state index in [1.54, 1.807) is 6.07 Å². The number of phenols is 1. The number of benzene rings is 2. The molecule has 0 aliphatic carbocycles. The lowest BCUT2D eigenvalue weighted by molar-refractivity contribution is -0.142. The van der Waals surface area contributed by atoms with Gasteiger partial charge in [-0.25, -0.2) is 0 Å². The molecular formula is C26H37NO3. The molecule has 2 rings (SSSR count). The highest BCUT2D eigenvalue weighted by Gasteiger charge is 2.19. The molecule has 30 heavy (non-hydrogen) atoms. The summed E-state index contributed by atoms with van der Waals surface area (Å²) in [4.78, 5) is 13.7. The Labute approximate surface area is 181 Å². The number of ether oxygens (including phenoxy) is 1. The standard InChI is InChI=1S/C26H37NO3/c1-19(2)27(20(3)4)16-10-9-13-24(23-11-7-6-8-12-23)25-17-22(14-15-26(25)29)18-30-21(5)28/h6-8,11-12,14-15,17,19-20,24,29H,9-10,13,16,18H2,1-5H3. The molecule has 0 saturated carbocycles. The van der Waals surface area contributed by atoms with Crippen LogP contribution in [0.15, 0.2) is 48.5 Å². The van der Waals surface area contributed by atoms with Crippen LogP contribution >= 0.6 is 0 Å². The number of hydrogen-bond donors (Lipinski definition) is 1. The van der Waals surface area contributed by atoms with E-state index in [1.807, 2.05) is 30.3 Å². The maximum Gasteiger partial charge on any atom is 0.302 e. The lowest BCUT2D eigenvalue weighted by Gasteiger charge is -2.30. The summed E-state index contributed by atoms with van der Waals surface area (Å²) in [6.45, 7) is 11.7. The Morgan fingerprint density at radius 1 is 1.00 bits per heavy atom. The highest BCUT2D eigenvalue weighted by atomic mass is 16.5. The lowest BCUT2D eigenvalue weighted by Crippen LogP contribution is -2.37. The molecule has 0 spiro atoms. The van der Waals surface area contributed by atoms with Gasteiger partial charge in [-0.3, -0.25) is 9.69 Å². The number of aromatic hydroxyl groups is 1. The monoisotopic (exact) mass is 411 g/mol. The lowest BCUT2D eigenvalue weighted by atomic mass is 9.85. The Morgan fingerprint density at radius 3 is 2.27 bits per heavy atom. The van der Waals surface area contributed by atoms with E-state index in [-0.39, 0.29) is 18.5 Å². The first kappa shape index (κ1) is 23.9. The van der Waals surface area contributed by atoms with E-state index in [4.69, 9.17) is 4.74 Å². The van der Waals surface area contributed by atoms with Crippen LogP contribution in [-0.4, -0.2) is 34.6 Å². The van der Waals surface area contributed by atoms with Gasteiger partial charge in [0.2, 0.25) is 0 Å². The summed E-state index contributed by atoms with van der Waals surface area (Å²) >= 11 is 0. The predicted molar refractivity (Wildman–Crippen MR) is 123 cm³/mol. The molecule has 0 bridgehead atoms. The maximum absolute atomic E-state index is 11.2. The summed E-state index contributed by atoms with van der Waals surface area (Å²) in [6, 6.07) is 16.9. The fourth-order valence-corrected chi connectivity index (χ4v) is 4.10. The van der Waals surface area contributed by atoms with Gasteiger partial charge in [0.15, 0.2) is 0 Å². The highest BCUT2D eigenvalue weighted by molar-refractivity contribution is 5.66. The fraction of sp³-hybridized carbons (Fsp3) is 0.500. The summed E-state index contributed by atoms with van der Waals surface area (Å²) in [5, 5.41) is 10.6. The molecule has 0 aliphatic rings. The third-order valence-electron chi connectivity index (χ3n) is 5.60. The quantitative estimate of drug-likeness (QED) is 0.371. The van der Waals surface area contributed by atoms with Crippen molar-refractivity contribution in [2.45, 2.75) is 78.5 Å². The smallest absolute Gasteiger partial charge is 0.302 e. The second-order valence-electron chi connectivity index (χ2n) is 8.56. The second-order valence-corrected chi connectivity index (χ2v) is 8.56. The zero-order valence-electron chi connectivity index (χ0n) is 19.1. The van der Waals surface area contributed by atoms with Gasteiger partial charge in [-0.1, -0.05) is 42.8 Å². The summed E-state index contributed by atoms with van der Waals surface area (Å²) in [6.07, 6.45) is 3.15. The maximum atomic E-state index is 11.2. The van der Waals surface area contributed by atoms with Gasteiger partial charge >= 0.3 is 5.97 Å². The molecule has 1 N–H and O–H groups in total. The van der Waals surface area contributed by atoms with Crippen LogP contribution in [0.3, 0.4) is 0 Å². The van der Waals surface area contributed by atoms with Crippen LogP contribution in [0.1, 0.15) is 76.5 Å². The van der Waals surface area contributed by atoms with Crippen molar-refractivity contribution in [1.29, 1.82) is 0 Å². The Balaban J connectivity index is 2.17. The number of hydrogen-bond acceptors (Lipinski definition) is 4.